The van der Waals surface area contributed by atoms with Crippen molar-refractivity contribution in [2.24, 2.45) is 5.92 Å². The van der Waals surface area contributed by atoms with E-state index in [2.05, 4.69) is 10.2 Å². The van der Waals surface area contributed by atoms with Gasteiger partial charge >= 0.3 is 0 Å². The third kappa shape index (κ3) is 2.09. The topological polar surface area (TPSA) is 45.8 Å². The number of rotatable bonds is 3. The predicted octanol–water partition coefficient (Wildman–Crippen LogP) is 2.98. The molecule has 0 atom stereocenters. The van der Waals surface area contributed by atoms with Gasteiger partial charge in [0, 0.05) is 16.3 Å². The molecule has 0 bridgehead atoms. The fourth-order valence-electron chi connectivity index (χ4n) is 1.55. The number of benzene rings is 1. The monoisotopic (exact) mass is 236 g/mol. The lowest BCUT2D eigenvalue weighted by Crippen LogP contribution is -2.10. The Morgan fingerprint density at radius 1 is 1.50 bits per heavy atom. The van der Waals surface area contributed by atoms with E-state index in [1.54, 1.807) is 0 Å². The van der Waals surface area contributed by atoms with E-state index >= 15 is 0 Å². The molecule has 0 aliphatic heterocycles. The van der Waals surface area contributed by atoms with Crippen molar-refractivity contribution in [2.75, 3.05) is 0 Å². The van der Waals surface area contributed by atoms with Gasteiger partial charge in [0.05, 0.1) is 17.6 Å². The highest BCUT2D eigenvalue weighted by Gasteiger charge is 2.13. The van der Waals surface area contributed by atoms with Gasteiger partial charge in [-0.15, -0.1) is 0 Å². The first kappa shape index (κ1) is 11.1. The number of nitrogens with zero attached hydrogens (tertiary/aromatic N) is 1. The Morgan fingerprint density at radius 2 is 2.25 bits per heavy atom. The number of aromatic nitrogens is 2. The summed E-state index contributed by atoms with van der Waals surface area (Å²) in [6, 6.07) is 5.51. The zero-order chi connectivity index (χ0) is 11.7. The summed E-state index contributed by atoms with van der Waals surface area (Å²) in [5.41, 5.74) is 1.67. The number of hydrogen-bond acceptors (Lipinski definition) is 2. The van der Waals surface area contributed by atoms with Gasteiger partial charge in [0.25, 0.3) is 0 Å². The SMILES string of the molecule is CC(C)C(=O)Cc1n[nH]c2cc(Cl)ccc12. The fourth-order valence-corrected chi connectivity index (χ4v) is 1.72. The minimum Gasteiger partial charge on any atom is -0.299 e. The van der Waals surface area contributed by atoms with Gasteiger partial charge in [0.1, 0.15) is 5.78 Å². The number of aromatic amines is 1. The van der Waals surface area contributed by atoms with Crippen LogP contribution >= 0.6 is 11.6 Å². The zero-order valence-corrected chi connectivity index (χ0v) is 10.0. The van der Waals surface area contributed by atoms with Crippen LogP contribution in [0.1, 0.15) is 19.5 Å². The summed E-state index contributed by atoms with van der Waals surface area (Å²) >= 11 is 5.87. The van der Waals surface area contributed by atoms with Crippen LogP contribution in [0.2, 0.25) is 5.02 Å². The van der Waals surface area contributed by atoms with Crippen LogP contribution in [-0.2, 0) is 11.2 Å². The Kier molecular flexibility index (Phi) is 2.97. The molecular formula is C12H13ClN2O. The summed E-state index contributed by atoms with van der Waals surface area (Å²) in [6.45, 7) is 3.79. The highest BCUT2D eigenvalue weighted by Crippen LogP contribution is 2.21. The van der Waals surface area contributed by atoms with E-state index in [1.807, 2.05) is 32.0 Å². The molecule has 0 saturated carbocycles. The minimum atomic E-state index is 0.0408. The van der Waals surface area contributed by atoms with Crippen molar-refractivity contribution in [1.29, 1.82) is 0 Å². The van der Waals surface area contributed by atoms with E-state index in [0.717, 1.165) is 16.6 Å². The van der Waals surface area contributed by atoms with Crippen molar-refractivity contribution in [3.8, 4) is 0 Å². The maximum Gasteiger partial charge on any atom is 0.141 e. The zero-order valence-electron chi connectivity index (χ0n) is 9.25. The number of fused-ring (bicyclic) bond motifs is 1. The predicted molar refractivity (Wildman–Crippen MR) is 64.7 cm³/mol. The first-order valence-corrected chi connectivity index (χ1v) is 5.61. The number of carbonyl (C=O) groups excluding carboxylic acids is 1. The van der Waals surface area contributed by atoms with Gasteiger partial charge in [0.15, 0.2) is 0 Å². The molecule has 0 unspecified atom stereocenters. The summed E-state index contributed by atoms with van der Waals surface area (Å²) in [6.07, 6.45) is 0.374. The molecular weight excluding hydrogens is 224 g/mol. The van der Waals surface area contributed by atoms with Gasteiger partial charge in [0.2, 0.25) is 0 Å². The van der Waals surface area contributed by atoms with E-state index in [-0.39, 0.29) is 11.7 Å². The smallest absolute Gasteiger partial charge is 0.141 e. The second-order valence-corrected chi connectivity index (χ2v) is 4.59. The quantitative estimate of drug-likeness (QED) is 0.891. The lowest BCUT2D eigenvalue weighted by Gasteiger charge is -2.01. The number of H-pyrrole nitrogens is 1. The van der Waals surface area contributed by atoms with Crippen molar-refractivity contribution in [1.82, 2.24) is 10.2 Å². The Labute approximate surface area is 98.8 Å². The molecule has 3 nitrogen and oxygen atoms in total. The van der Waals surface area contributed by atoms with Crippen molar-refractivity contribution in [2.45, 2.75) is 20.3 Å². The lowest BCUT2D eigenvalue weighted by molar-refractivity contribution is -0.121. The van der Waals surface area contributed by atoms with E-state index in [1.165, 1.54) is 0 Å². The minimum absolute atomic E-state index is 0.0408. The molecule has 0 fully saturated rings. The molecule has 2 rings (SSSR count). The average molecular weight is 237 g/mol. The molecule has 2 aromatic rings. The molecule has 0 spiro atoms. The van der Waals surface area contributed by atoms with E-state index in [9.17, 15) is 4.79 Å². The molecule has 0 aliphatic carbocycles. The number of Topliss-reactive ketones (excluding diaryl/α,β-unsaturated/α-hetero) is 1. The van der Waals surface area contributed by atoms with E-state index in [0.29, 0.717) is 11.4 Å². The fraction of sp³-hybridized carbons (Fsp3) is 0.333. The first-order chi connectivity index (χ1) is 7.58. The van der Waals surface area contributed by atoms with Gasteiger partial charge < -0.3 is 0 Å². The molecule has 4 heteroatoms. The van der Waals surface area contributed by atoms with E-state index in [4.69, 9.17) is 11.6 Å². The van der Waals surface area contributed by atoms with Crippen LogP contribution in [0.5, 0.6) is 0 Å². The van der Waals surface area contributed by atoms with Gasteiger partial charge in [-0.1, -0.05) is 25.4 Å². The van der Waals surface area contributed by atoms with Crippen LogP contribution in [0.15, 0.2) is 18.2 Å². The number of hydrogen-bond donors (Lipinski definition) is 1. The summed E-state index contributed by atoms with van der Waals surface area (Å²) in [7, 11) is 0. The third-order valence-electron chi connectivity index (χ3n) is 2.59. The standard InChI is InChI=1S/C12H13ClN2O/c1-7(2)12(16)6-11-9-4-3-8(13)5-10(9)14-15-11/h3-5,7H,6H2,1-2H3,(H,14,15). The maximum absolute atomic E-state index is 11.6. The molecule has 1 aromatic heterocycles. The Morgan fingerprint density at radius 3 is 2.94 bits per heavy atom. The molecule has 84 valence electrons. The van der Waals surface area contributed by atoms with Crippen LogP contribution in [0.25, 0.3) is 10.9 Å². The molecule has 0 aliphatic rings. The van der Waals surface area contributed by atoms with Crippen LogP contribution in [0, 0.1) is 5.92 Å². The summed E-state index contributed by atoms with van der Waals surface area (Å²) in [5, 5.41) is 8.68. The number of carbonyl (C=O) groups is 1. The van der Waals surface area contributed by atoms with Gasteiger partial charge in [-0.3, -0.25) is 9.89 Å². The number of nitrogens with one attached hydrogen (secondary N) is 1. The van der Waals surface area contributed by atoms with Crippen molar-refractivity contribution < 1.29 is 4.79 Å². The Balaban J connectivity index is 2.35. The van der Waals surface area contributed by atoms with Crippen LogP contribution < -0.4 is 0 Å². The highest BCUT2D eigenvalue weighted by atomic mass is 35.5. The molecule has 1 heterocycles. The van der Waals surface area contributed by atoms with Crippen molar-refractivity contribution in [3.63, 3.8) is 0 Å². The molecule has 1 N–H and O–H groups in total. The van der Waals surface area contributed by atoms with Crippen LogP contribution in [-0.4, -0.2) is 16.0 Å². The van der Waals surface area contributed by atoms with Gasteiger partial charge in [-0.05, 0) is 18.2 Å². The largest absolute Gasteiger partial charge is 0.299 e. The molecule has 16 heavy (non-hydrogen) atoms. The maximum atomic E-state index is 11.6. The summed E-state index contributed by atoms with van der Waals surface area (Å²) in [4.78, 5) is 11.6. The molecule has 0 radical (unpaired) electrons. The molecule has 0 amide bonds. The third-order valence-corrected chi connectivity index (χ3v) is 2.82. The summed E-state index contributed by atoms with van der Waals surface area (Å²) in [5.74, 6) is 0.238. The second kappa shape index (κ2) is 4.26. The first-order valence-electron chi connectivity index (χ1n) is 5.23. The van der Waals surface area contributed by atoms with Gasteiger partial charge in [-0.25, -0.2) is 0 Å². The highest BCUT2D eigenvalue weighted by molar-refractivity contribution is 6.31. The molecule has 0 saturated heterocycles. The second-order valence-electron chi connectivity index (χ2n) is 4.16. The van der Waals surface area contributed by atoms with Crippen LogP contribution in [0.3, 0.4) is 0 Å². The normalized spacial score (nSPS) is 11.2. The molecule has 1 aromatic carbocycles. The lowest BCUT2D eigenvalue weighted by atomic mass is 10.0. The van der Waals surface area contributed by atoms with E-state index < -0.39 is 0 Å². The number of halogens is 1. The van der Waals surface area contributed by atoms with Crippen LogP contribution in [0.4, 0.5) is 0 Å². The van der Waals surface area contributed by atoms with Gasteiger partial charge in [-0.2, -0.15) is 5.10 Å². The Hall–Kier alpha value is -1.35. The number of ketones is 1. The average Bonchev–Trinajstić information content (AvgIpc) is 2.60. The Bertz CT molecular complexity index is 531. The van der Waals surface area contributed by atoms with Crippen molar-refractivity contribution in [3.05, 3.63) is 28.9 Å². The van der Waals surface area contributed by atoms with Crippen molar-refractivity contribution >= 4 is 28.3 Å². The summed E-state index contributed by atoms with van der Waals surface area (Å²) < 4.78 is 0.